The molecule has 2 aromatic rings. The number of methoxy groups -OCH3 is 1. The topological polar surface area (TPSA) is 59.8 Å². The first kappa shape index (κ1) is 14.6. The Bertz CT molecular complexity index is 748. The third-order valence-corrected chi connectivity index (χ3v) is 3.88. The van der Waals surface area contributed by atoms with E-state index in [4.69, 9.17) is 9.47 Å². The summed E-state index contributed by atoms with van der Waals surface area (Å²) in [6.45, 7) is 1.99. The molecule has 0 saturated carbocycles. The number of thioether (sulfide) groups is 1. The molecule has 6 nitrogen and oxygen atoms in total. The summed E-state index contributed by atoms with van der Waals surface area (Å²) in [5.74, 6) is 2.59. The van der Waals surface area contributed by atoms with Crippen molar-refractivity contribution in [2.24, 2.45) is 5.10 Å². The van der Waals surface area contributed by atoms with Crippen molar-refractivity contribution in [3.63, 3.8) is 0 Å². The van der Waals surface area contributed by atoms with Crippen molar-refractivity contribution in [1.82, 2.24) is 9.97 Å². The summed E-state index contributed by atoms with van der Waals surface area (Å²) in [6.07, 6.45) is 3.61. The standard InChI is InChI=1S/C15H16N4O2S/c1-9-7-10(20-3)5-6-11(9)14-18-19(2)13-12(21-14)8-16-15(17-13)22-4/h5-8H,1-4H3. The van der Waals surface area contributed by atoms with Gasteiger partial charge in [0.2, 0.25) is 5.90 Å². The Morgan fingerprint density at radius 2 is 2.14 bits per heavy atom. The number of nitrogens with zero attached hydrogens (tertiary/aromatic N) is 4. The van der Waals surface area contributed by atoms with Gasteiger partial charge in [0.15, 0.2) is 16.7 Å². The van der Waals surface area contributed by atoms with Gasteiger partial charge in [-0.3, -0.25) is 0 Å². The van der Waals surface area contributed by atoms with Gasteiger partial charge >= 0.3 is 0 Å². The Balaban J connectivity index is 1.98. The molecule has 0 saturated heterocycles. The van der Waals surface area contributed by atoms with E-state index in [0.29, 0.717) is 22.6 Å². The van der Waals surface area contributed by atoms with Gasteiger partial charge in [0, 0.05) is 12.6 Å². The van der Waals surface area contributed by atoms with Crippen LogP contribution in [0.15, 0.2) is 34.7 Å². The molecule has 1 aromatic carbocycles. The molecule has 114 valence electrons. The van der Waals surface area contributed by atoms with E-state index in [1.54, 1.807) is 18.3 Å². The van der Waals surface area contributed by atoms with Crippen molar-refractivity contribution in [1.29, 1.82) is 0 Å². The van der Waals surface area contributed by atoms with Crippen molar-refractivity contribution in [2.75, 3.05) is 25.4 Å². The van der Waals surface area contributed by atoms with Gasteiger partial charge in [-0.25, -0.2) is 9.99 Å². The normalized spacial score (nSPS) is 13.3. The SMILES string of the molecule is COc1ccc(C2=NN(C)c3nc(SC)ncc3O2)c(C)c1. The molecule has 0 spiro atoms. The van der Waals surface area contributed by atoms with E-state index in [0.717, 1.165) is 16.9 Å². The molecule has 1 aromatic heterocycles. The number of aryl methyl sites for hydroxylation is 1. The quantitative estimate of drug-likeness (QED) is 0.641. The first-order valence-electron chi connectivity index (χ1n) is 6.68. The van der Waals surface area contributed by atoms with Gasteiger partial charge in [0.1, 0.15) is 5.75 Å². The lowest BCUT2D eigenvalue weighted by atomic mass is 10.1. The summed E-state index contributed by atoms with van der Waals surface area (Å²) >= 11 is 1.48. The molecule has 0 amide bonds. The maximum atomic E-state index is 5.88. The summed E-state index contributed by atoms with van der Waals surface area (Å²) in [5, 5.41) is 6.87. The van der Waals surface area contributed by atoms with Crippen molar-refractivity contribution >= 4 is 23.5 Å². The van der Waals surface area contributed by atoms with Gasteiger partial charge in [-0.15, -0.1) is 5.10 Å². The van der Waals surface area contributed by atoms with Crippen LogP contribution in [0.3, 0.4) is 0 Å². The number of aromatic nitrogens is 2. The molecule has 3 rings (SSSR count). The van der Waals surface area contributed by atoms with E-state index in [1.807, 2.05) is 38.4 Å². The molecule has 0 fully saturated rings. The number of rotatable bonds is 3. The molecule has 1 aliphatic rings. The number of ether oxygens (including phenoxy) is 2. The Morgan fingerprint density at radius 3 is 2.82 bits per heavy atom. The van der Waals surface area contributed by atoms with Crippen molar-refractivity contribution in [2.45, 2.75) is 12.1 Å². The Labute approximate surface area is 133 Å². The van der Waals surface area contributed by atoms with E-state index >= 15 is 0 Å². The van der Waals surface area contributed by atoms with Crippen LogP contribution in [-0.4, -0.2) is 36.3 Å². The Morgan fingerprint density at radius 1 is 1.32 bits per heavy atom. The zero-order chi connectivity index (χ0) is 15.7. The average molecular weight is 316 g/mol. The highest BCUT2D eigenvalue weighted by Crippen LogP contribution is 2.31. The first-order chi connectivity index (χ1) is 10.6. The molecule has 0 bridgehead atoms. The lowest BCUT2D eigenvalue weighted by Crippen LogP contribution is -2.26. The number of fused-ring (bicyclic) bond motifs is 1. The van der Waals surface area contributed by atoms with Crippen molar-refractivity contribution < 1.29 is 9.47 Å². The van der Waals surface area contributed by atoms with Gasteiger partial charge in [-0.2, -0.15) is 4.98 Å². The lowest BCUT2D eigenvalue weighted by molar-refractivity contribution is 0.414. The average Bonchev–Trinajstić information content (AvgIpc) is 2.54. The van der Waals surface area contributed by atoms with Crippen LogP contribution < -0.4 is 14.5 Å². The van der Waals surface area contributed by atoms with Gasteiger partial charge < -0.3 is 9.47 Å². The molecular weight excluding hydrogens is 300 g/mol. The van der Waals surface area contributed by atoms with Crippen LogP contribution >= 0.6 is 11.8 Å². The minimum atomic E-state index is 0.524. The zero-order valence-electron chi connectivity index (χ0n) is 12.8. The third kappa shape index (κ3) is 2.59. The minimum absolute atomic E-state index is 0.524. The lowest BCUT2D eigenvalue weighted by Gasteiger charge is -2.24. The Kier molecular flexibility index (Phi) is 3.89. The van der Waals surface area contributed by atoms with Crippen LogP contribution in [0, 0.1) is 6.92 Å². The van der Waals surface area contributed by atoms with Crippen LogP contribution in [0.5, 0.6) is 11.5 Å². The number of anilines is 1. The van der Waals surface area contributed by atoms with E-state index in [-0.39, 0.29) is 0 Å². The van der Waals surface area contributed by atoms with Crippen LogP contribution in [0.1, 0.15) is 11.1 Å². The van der Waals surface area contributed by atoms with Gasteiger partial charge in [-0.05, 0) is 36.9 Å². The van der Waals surface area contributed by atoms with Crippen LogP contribution in [0.25, 0.3) is 0 Å². The van der Waals surface area contributed by atoms with Crippen LogP contribution in [0.2, 0.25) is 0 Å². The van der Waals surface area contributed by atoms with Gasteiger partial charge in [0.05, 0.1) is 13.3 Å². The summed E-state index contributed by atoms with van der Waals surface area (Å²) < 4.78 is 11.1. The highest BCUT2D eigenvalue weighted by atomic mass is 32.2. The molecule has 0 unspecified atom stereocenters. The zero-order valence-corrected chi connectivity index (χ0v) is 13.6. The van der Waals surface area contributed by atoms with E-state index in [9.17, 15) is 0 Å². The number of hydrazone groups is 1. The fourth-order valence-electron chi connectivity index (χ4n) is 2.17. The smallest absolute Gasteiger partial charge is 0.244 e. The molecule has 0 atom stereocenters. The summed E-state index contributed by atoms with van der Waals surface area (Å²) in [7, 11) is 3.49. The van der Waals surface area contributed by atoms with E-state index < -0.39 is 0 Å². The predicted octanol–water partition coefficient (Wildman–Crippen LogP) is 2.71. The maximum absolute atomic E-state index is 5.88. The first-order valence-corrected chi connectivity index (χ1v) is 7.91. The maximum Gasteiger partial charge on any atom is 0.244 e. The second kappa shape index (κ2) is 5.84. The van der Waals surface area contributed by atoms with E-state index in [2.05, 4.69) is 15.1 Å². The molecule has 0 radical (unpaired) electrons. The van der Waals surface area contributed by atoms with Gasteiger partial charge in [-0.1, -0.05) is 11.8 Å². The predicted molar refractivity (Wildman–Crippen MR) is 87.1 cm³/mol. The van der Waals surface area contributed by atoms with Crippen LogP contribution in [0.4, 0.5) is 5.82 Å². The molecule has 0 N–H and O–H groups in total. The highest BCUT2D eigenvalue weighted by Gasteiger charge is 2.23. The fourth-order valence-corrected chi connectivity index (χ4v) is 2.50. The molecular formula is C15H16N4O2S. The van der Waals surface area contributed by atoms with Gasteiger partial charge in [0.25, 0.3) is 0 Å². The van der Waals surface area contributed by atoms with E-state index in [1.165, 1.54) is 11.8 Å². The summed E-state index contributed by atoms with van der Waals surface area (Å²) in [4.78, 5) is 8.66. The molecule has 7 heteroatoms. The largest absolute Gasteiger partial charge is 0.497 e. The second-order valence-corrected chi connectivity index (χ2v) is 5.53. The molecule has 22 heavy (non-hydrogen) atoms. The summed E-state index contributed by atoms with van der Waals surface area (Å²) in [5.41, 5.74) is 1.93. The molecule has 0 aliphatic carbocycles. The van der Waals surface area contributed by atoms with Crippen LogP contribution in [-0.2, 0) is 0 Å². The minimum Gasteiger partial charge on any atom is -0.497 e. The number of hydrogen-bond acceptors (Lipinski definition) is 7. The summed E-state index contributed by atoms with van der Waals surface area (Å²) in [6, 6.07) is 5.77. The fraction of sp³-hybridized carbons (Fsp3) is 0.267. The Hall–Kier alpha value is -2.28. The molecule has 1 aliphatic heterocycles. The number of benzene rings is 1. The van der Waals surface area contributed by atoms with Crippen molar-refractivity contribution in [3.8, 4) is 11.5 Å². The molecule has 2 heterocycles. The monoisotopic (exact) mass is 316 g/mol. The van der Waals surface area contributed by atoms with Crippen molar-refractivity contribution in [3.05, 3.63) is 35.5 Å². The second-order valence-electron chi connectivity index (χ2n) is 4.76. The number of hydrogen-bond donors (Lipinski definition) is 0. The highest BCUT2D eigenvalue weighted by molar-refractivity contribution is 7.98. The third-order valence-electron chi connectivity index (χ3n) is 3.31.